The summed E-state index contributed by atoms with van der Waals surface area (Å²) in [6.07, 6.45) is 0. The van der Waals surface area contributed by atoms with E-state index in [2.05, 4.69) is 0 Å². The molecule has 0 radical (unpaired) electrons. The summed E-state index contributed by atoms with van der Waals surface area (Å²) in [7, 11) is 1.44. The van der Waals surface area contributed by atoms with Gasteiger partial charge in [-0.3, -0.25) is 0 Å². The fourth-order valence-corrected chi connectivity index (χ4v) is 1.07. The van der Waals surface area contributed by atoms with E-state index in [-0.39, 0.29) is 11.6 Å². The van der Waals surface area contributed by atoms with Crippen LogP contribution in [0.15, 0.2) is 18.2 Å². The van der Waals surface area contributed by atoms with E-state index in [1.165, 1.54) is 13.2 Å². The van der Waals surface area contributed by atoms with E-state index in [1.54, 1.807) is 12.1 Å². The highest BCUT2D eigenvalue weighted by Crippen LogP contribution is 2.23. The van der Waals surface area contributed by atoms with Crippen LogP contribution in [-0.4, -0.2) is 7.11 Å². The smallest absolute Gasteiger partial charge is 0.165 e. The molecule has 72 valence electrons. The molecule has 0 unspecified atom stereocenters. The molecule has 0 aliphatic carbocycles. The Kier molecular flexibility index (Phi) is 2.57. The van der Waals surface area contributed by atoms with Crippen molar-refractivity contribution in [1.82, 2.24) is 0 Å². The third-order valence-electron chi connectivity index (χ3n) is 1.90. The van der Waals surface area contributed by atoms with Gasteiger partial charge in [-0.2, -0.15) is 0 Å². The van der Waals surface area contributed by atoms with Crippen molar-refractivity contribution in [2.75, 3.05) is 7.11 Å². The molecule has 0 aromatic heterocycles. The second kappa shape index (κ2) is 3.34. The standard InChI is InChI=1S/C10H14FNO/c1-10(2,12)7-4-5-9(13-3)8(11)6-7/h4-6H,12H2,1-3H3. The lowest BCUT2D eigenvalue weighted by molar-refractivity contribution is 0.385. The fourth-order valence-electron chi connectivity index (χ4n) is 1.07. The molecule has 0 aliphatic heterocycles. The van der Waals surface area contributed by atoms with Crippen molar-refractivity contribution in [3.05, 3.63) is 29.6 Å². The average molecular weight is 183 g/mol. The van der Waals surface area contributed by atoms with Crippen LogP contribution in [0.4, 0.5) is 4.39 Å². The largest absolute Gasteiger partial charge is 0.494 e. The number of ether oxygens (including phenoxy) is 1. The topological polar surface area (TPSA) is 35.2 Å². The van der Waals surface area contributed by atoms with E-state index in [0.717, 1.165) is 5.56 Å². The summed E-state index contributed by atoms with van der Waals surface area (Å²) in [6, 6.07) is 4.75. The van der Waals surface area contributed by atoms with E-state index < -0.39 is 5.54 Å². The number of nitrogens with two attached hydrogens (primary N) is 1. The van der Waals surface area contributed by atoms with Crippen LogP contribution >= 0.6 is 0 Å². The zero-order valence-electron chi connectivity index (χ0n) is 8.10. The molecule has 0 amide bonds. The van der Waals surface area contributed by atoms with Gasteiger partial charge in [0, 0.05) is 5.54 Å². The van der Waals surface area contributed by atoms with Gasteiger partial charge < -0.3 is 10.5 Å². The lowest BCUT2D eigenvalue weighted by atomic mass is 9.95. The van der Waals surface area contributed by atoms with Crippen molar-refractivity contribution in [1.29, 1.82) is 0 Å². The predicted octanol–water partition coefficient (Wildman–Crippen LogP) is 2.03. The van der Waals surface area contributed by atoms with Crippen LogP contribution in [0, 0.1) is 5.82 Å². The SMILES string of the molecule is COc1ccc(C(C)(C)N)cc1F. The first-order valence-electron chi connectivity index (χ1n) is 4.08. The molecule has 0 saturated heterocycles. The van der Waals surface area contributed by atoms with Gasteiger partial charge in [0.2, 0.25) is 0 Å². The lowest BCUT2D eigenvalue weighted by Crippen LogP contribution is -2.28. The highest BCUT2D eigenvalue weighted by molar-refractivity contribution is 5.32. The maximum atomic E-state index is 13.2. The normalized spacial score (nSPS) is 11.5. The van der Waals surface area contributed by atoms with Crippen LogP contribution in [0.3, 0.4) is 0 Å². The molecule has 0 aliphatic rings. The Balaban J connectivity index is 3.10. The Morgan fingerprint density at radius 2 is 2.00 bits per heavy atom. The van der Waals surface area contributed by atoms with Gasteiger partial charge in [0.05, 0.1) is 7.11 Å². The summed E-state index contributed by atoms with van der Waals surface area (Å²) in [5, 5.41) is 0. The van der Waals surface area contributed by atoms with Crippen molar-refractivity contribution in [2.24, 2.45) is 5.73 Å². The summed E-state index contributed by atoms with van der Waals surface area (Å²) in [6.45, 7) is 3.66. The van der Waals surface area contributed by atoms with Gasteiger partial charge in [0.15, 0.2) is 11.6 Å². The van der Waals surface area contributed by atoms with E-state index >= 15 is 0 Å². The Hall–Kier alpha value is -1.09. The van der Waals surface area contributed by atoms with Crippen LogP contribution in [-0.2, 0) is 5.54 Å². The summed E-state index contributed by atoms with van der Waals surface area (Å²) < 4.78 is 18.0. The lowest BCUT2D eigenvalue weighted by Gasteiger charge is -2.19. The van der Waals surface area contributed by atoms with Gasteiger partial charge in [0.25, 0.3) is 0 Å². The zero-order valence-corrected chi connectivity index (χ0v) is 8.10. The monoisotopic (exact) mass is 183 g/mol. The van der Waals surface area contributed by atoms with Gasteiger partial charge in [-0.15, -0.1) is 0 Å². The van der Waals surface area contributed by atoms with Crippen LogP contribution in [0.1, 0.15) is 19.4 Å². The van der Waals surface area contributed by atoms with Gasteiger partial charge in [-0.05, 0) is 31.5 Å². The highest BCUT2D eigenvalue weighted by atomic mass is 19.1. The van der Waals surface area contributed by atoms with E-state index in [4.69, 9.17) is 10.5 Å². The summed E-state index contributed by atoms with van der Waals surface area (Å²) in [4.78, 5) is 0. The quantitative estimate of drug-likeness (QED) is 0.761. The van der Waals surface area contributed by atoms with E-state index in [9.17, 15) is 4.39 Å². The molecule has 0 saturated carbocycles. The van der Waals surface area contributed by atoms with Crippen LogP contribution in [0.25, 0.3) is 0 Å². The maximum absolute atomic E-state index is 13.2. The number of halogens is 1. The summed E-state index contributed by atoms with van der Waals surface area (Å²) in [5.74, 6) is -0.133. The third-order valence-corrected chi connectivity index (χ3v) is 1.90. The first-order valence-corrected chi connectivity index (χ1v) is 4.08. The van der Waals surface area contributed by atoms with Gasteiger partial charge in [-0.25, -0.2) is 4.39 Å². The molecule has 3 heteroatoms. The molecule has 0 heterocycles. The third kappa shape index (κ3) is 2.18. The molecular weight excluding hydrogens is 169 g/mol. The second-order valence-corrected chi connectivity index (χ2v) is 3.57. The van der Waals surface area contributed by atoms with Crippen molar-refractivity contribution < 1.29 is 9.13 Å². The van der Waals surface area contributed by atoms with Crippen molar-refractivity contribution in [3.8, 4) is 5.75 Å². The van der Waals surface area contributed by atoms with Crippen molar-refractivity contribution >= 4 is 0 Å². The molecule has 2 N–H and O–H groups in total. The van der Waals surface area contributed by atoms with E-state index in [1.807, 2.05) is 13.8 Å². The van der Waals surface area contributed by atoms with Crippen LogP contribution in [0.2, 0.25) is 0 Å². The Morgan fingerprint density at radius 3 is 2.38 bits per heavy atom. The highest BCUT2D eigenvalue weighted by Gasteiger charge is 2.15. The summed E-state index contributed by atoms with van der Waals surface area (Å²) in [5.41, 5.74) is 6.04. The van der Waals surface area contributed by atoms with Crippen molar-refractivity contribution in [2.45, 2.75) is 19.4 Å². The fraction of sp³-hybridized carbons (Fsp3) is 0.400. The number of methoxy groups -OCH3 is 1. The first-order chi connectivity index (χ1) is 5.95. The summed E-state index contributed by atoms with van der Waals surface area (Å²) >= 11 is 0. The Labute approximate surface area is 77.5 Å². The van der Waals surface area contributed by atoms with Crippen molar-refractivity contribution in [3.63, 3.8) is 0 Å². The number of hydrogen-bond donors (Lipinski definition) is 1. The maximum Gasteiger partial charge on any atom is 0.165 e. The number of benzene rings is 1. The van der Waals surface area contributed by atoms with Gasteiger partial charge >= 0.3 is 0 Å². The number of hydrogen-bond acceptors (Lipinski definition) is 2. The first kappa shape index (κ1) is 9.99. The number of rotatable bonds is 2. The minimum absolute atomic E-state index is 0.244. The molecular formula is C10H14FNO. The predicted molar refractivity (Wildman–Crippen MR) is 50.2 cm³/mol. The average Bonchev–Trinajstić information content (AvgIpc) is 2.02. The minimum Gasteiger partial charge on any atom is -0.494 e. The Morgan fingerprint density at radius 1 is 1.38 bits per heavy atom. The molecule has 13 heavy (non-hydrogen) atoms. The molecule has 1 aromatic rings. The molecule has 1 aromatic carbocycles. The molecule has 0 bridgehead atoms. The van der Waals surface area contributed by atoms with Gasteiger partial charge in [0.1, 0.15) is 0 Å². The van der Waals surface area contributed by atoms with Crippen LogP contribution in [0.5, 0.6) is 5.75 Å². The van der Waals surface area contributed by atoms with E-state index in [0.29, 0.717) is 0 Å². The molecule has 0 fully saturated rings. The molecule has 1 rings (SSSR count). The van der Waals surface area contributed by atoms with Crippen LogP contribution < -0.4 is 10.5 Å². The Bertz CT molecular complexity index is 304. The molecule has 0 atom stereocenters. The molecule has 0 spiro atoms. The zero-order chi connectivity index (χ0) is 10.1. The minimum atomic E-state index is -0.521. The van der Waals surface area contributed by atoms with Gasteiger partial charge in [-0.1, -0.05) is 6.07 Å². The molecule has 2 nitrogen and oxygen atoms in total. The second-order valence-electron chi connectivity index (χ2n) is 3.57.